The minimum absolute atomic E-state index is 0.721. The molecule has 2 aliphatic carbocycles. The van der Waals surface area contributed by atoms with Crippen LogP contribution in [0.1, 0.15) is 57.1 Å². The van der Waals surface area contributed by atoms with Gasteiger partial charge in [-0.2, -0.15) is 0 Å². The van der Waals surface area contributed by atoms with E-state index in [-0.39, 0.29) is 0 Å². The van der Waals surface area contributed by atoms with Crippen LogP contribution in [0.5, 0.6) is 0 Å². The molecule has 2 saturated carbocycles. The number of hydrogen-bond donors (Lipinski definition) is 1. The topological polar surface area (TPSA) is 24.9 Å². The Labute approximate surface area is 110 Å². The molecule has 0 unspecified atom stereocenters. The molecule has 2 nitrogen and oxygen atoms in total. The summed E-state index contributed by atoms with van der Waals surface area (Å²) in [7, 11) is 0. The summed E-state index contributed by atoms with van der Waals surface area (Å²) >= 11 is 0. The van der Waals surface area contributed by atoms with Gasteiger partial charge in [0.2, 0.25) is 0 Å². The van der Waals surface area contributed by atoms with Crippen LogP contribution >= 0.6 is 0 Å². The van der Waals surface area contributed by atoms with Gasteiger partial charge in [0, 0.05) is 18.8 Å². The van der Waals surface area contributed by atoms with E-state index in [1.54, 1.807) is 0 Å². The van der Waals surface area contributed by atoms with Crippen LogP contribution < -0.4 is 5.32 Å². The molecule has 0 radical (unpaired) electrons. The summed E-state index contributed by atoms with van der Waals surface area (Å²) in [5.41, 5.74) is 1.92. The summed E-state index contributed by atoms with van der Waals surface area (Å²) in [6.45, 7) is 0.929. The van der Waals surface area contributed by atoms with E-state index in [4.69, 9.17) is 0 Å². The monoisotopic (exact) mass is 244 g/mol. The van der Waals surface area contributed by atoms with Gasteiger partial charge < -0.3 is 5.32 Å². The van der Waals surface area contributed by atoms with Crippen molar-refractivity contribution in [2.75, 3.05) is 0 Å². The Hall–Kier alpha value is -0.890. The van der Waals surface area contributed by atoms with Crippen molar-refractivity contribution < 1.29 is 0 Å². The third kappa shape index (κ3) is 2.74. The van der Waals surface area contributed by atoms with Crippen molar-refractivity contribution in [3.05, 3.63) is 30.1 Å². The van der Waals surface area contributed by atoms with Crippen LogP contribution in [0.15, 0.2) is 24.4 Å². The molecule has 1 aromatic rings. The lowest BCUT2D eigenvalue weighted by molar-refractivity contribution is 0.168. The molecular weight excluding hydrogens is 220 g/mol. The van der Waals surface area contributed by atoms with Crippen molar-refractivity contribution in [3.8, 4) is 0 Å². The predicted octanol–water partition coefficient (Wildman–Crippen LogP) is 3.67. The van der Waals surface area contributed by atoms with Gasteiger partial charge in [-0.3, -0.25) is 4.98 Å². The van der Waals surface area contributed by atoms with E-state index in [0.29, 0.717) is 0 Å². The standard InChI is InChI=1S/C16H24N2/c1-4-12-17-15(5-1)13-18-14-6-10-16(11-7-14)8-2-3-9-16/h1,4-5,12,14,18H,2-3,6-11,13H2. The molecule has 0 aromatic carbocycles. The average molecular weight is 244 g/mol. The van der Waals surface area contributed by atoms with Crippen LogP contribution in [0, 0.1) is 5.41 Å². The quantitative estimate of drug-likeness (QED) is 0.877. The normalized spacial score (nSPS) is 23.6. The van der Waals surface area contributed by atoms with Crippen molar-refractivity contribution in [1.29, 1.82) is 0 Å². The highest BCUT2D eigenvalue weighted by atomic mass is 14.9. The largest absolute Gasteiger partial charge is 0.308 e. The maximum Gasteiger partial charge on any atom is 0.0541 e. The van der Waals surface area contributed by atoms with Crippen LogP contribution in [-0.4, -0.2) is 11.0 Å². The number of hydrogen-bond acceptors (Lipinski definition) is 2. The van der Waals surface area contributed by atoms with Crippen LogP contribution in [0.2, 0.25) is 0 Å². The first-order chi connectivity index (χ1) is 8.86. The van der Waals surface area contributed by atoms with E-state index in [0.717, 1.165) is 18.0 Å². The fourth-order valence-corrected chi connectivity index (χ4v) is 3.81. The summed E-state index contributed by atoms with van der Waals surface area (Å²) in [4.78, 5) is 4.37. The van der Waals surface area contributed by atoms with Crippen LogP contribution in [0.3, 0.4) is 0 Å². The summed E-state index contributed by atoms with van der Waals surface area (Å²) in [5, 5.41) is 3.68. The molecule has 0 atom stereocenters. The van der Waals surface area contributed by atoms with Gasteiger partial charge in [0.1, 0.15) is 0 Å². The minimum Gasteiger partial charge on any atom is -0.308 e. The van der Waals surface area contributed by atoms with Gasteiger partial charge >= 0.3 is 0 Å². The molecule has 1 spiro atoms. The first-order valence-electron chi connectivity index (χ1n) is 7.50. The third-order valence-electron chi connectivity index (χ3n) is 5.01. The maximum atomic E-state index is 4.37. The number of pyridine rings is 1. The van der Waals surface area contributed by atoms with Crippen LogP contribution in [0.25, 0.3) is 0 Å². The Kier molecular flexibility index (Phi) is 3.64. The van der Waals surface area contributed by atoms with Gasteiger partial charge in [-0.1, -0.05) is 18.9 Å². The average Bonchev–Trinajstić information content (AvgIpc) is 2.88. The van der Waals surface area contributed by atoms with Gasteiger partial charge in [0.05, 0.1) is 5.69 Å². The summed E-state index contributed by atoms with van der Waals surface area (Å²) in [5.74, 6) is 0. The lowest BCUT2D eigenvalue weighted by Gasteiger charge is -2.37. The molecule has 0 aliphatic heterocycles. The number of nitrogens with zero attached hydrogens (tertiary/aromatic N) is 1. The molecule has 0 amide bonds. The van der Waals surface area contributed by atoms with E-state index in [1.807, 2.05) is 12.3 Å². The molecule has 1 heterocycles. The molecule has 2 aliphatic rings. The lowest BCUT2D eigenvalue weighted by atomic mass is 9.71. The lowest BCUT2D eigenvalue weighted by Crippen LogP contribution is -2.36. The Bertz CT molecular complexity index is 358. The molecule has 1 N–H and O–H groups in total. The van der Waals surface area contributed by atoms with Crippen molar-refractivity contribution in [2.45, 2.75) is 64.0 Å². The summed E-state index contributed by atoms with van der Waals surface area (Å²) in [6.07, 6.45) is 13.5. The van der Waals surface area contributed by atoms with E-state index < -0.39 is 0 Å². The zero-order valence-electron chi connectivity index (χ0n) is 11.2. The highest BCUT2D eigenvalue weighted by Gasteiger charge is 2.37. The predicted molar refractivity (Wildman–Crippen MR) is 74.2 cm³/mol. The van der Waals surface area contributed by atoms with Crippen molar-refractivity contribution in [2.24, 2.45) is 5.41 Å². The Morgan fingerprint density at radius 2 is 1.89 bits per heavy atom. The molecule has 0 saturated heterocycles. The first-order valence-corrected chi connectivity index (χ1v) is 7.50. The van der Waals surface area contributed by atoms with Gasteiger partial charge in [-0.05, 0) is 56.1 Å². The van der Waals surface area contributed by atoms with Gasteiger partial charge in [-0.15, -0.1) is 0 Å². The SMILES string of the molecule is c1ccc(CNC2CCC3(CCCC3)CC2)nc1. The smallest absolute Gasteiger partial charge is 0.0541 e. The number of nitrogens with one attached hydrogen (secondary N) is 1. The van der Waals surface area contributed by atoms with Crippen LogP contribution in [0.4, 0.5) is 0 Å². The molecule has 0 bridgehead atoms. The van der Waals surface area contributed by atoms with Gasteiger partial charge in [-0.25, -0.2) is 0 Å². The van der Waals surface area contributed by atoms with Crippen LogP contribution in [-0.2, 0) is 6.54 Å². The van der Waals surface area contributed by atoms with Gasteiger partial charge in [0.15, 0.2) is 0 Å². The molecule has 1 aromatic heterocycles. The van der Waals surface area contributed by atoms with Gasteiger partial charge in [0.25, 0.3) is 0 Å². The minimum atomic E-state index is 0.721. The highest BCUT2D eigenvalue weighted by Crippen LogP contribution is 2.48. The number of rotatable bonds is 3. The van der Waals surface area contributed by atoms with Crippen molar-refractivity contribution in [3.63, 3.8) is 0 Å². The fraction of sp³-hybridized carbons (Fsp3) is 0.688. The van der Waals surface area contributed by atoms with Crippen molar-refractivity contribution >= 4 is 0 Å². The number of aromatic nitrogens is 1. The zero-order chi connectivity index (χ0) is 12.3. The summed E-state index contributed by atoms with van der Waals surface area (Å²) < 4.78 is 0. The molecular formula is C16H24N2. The van der Waals surface area contributed by atoms with E-state index in [1.165, 1.54) is 57.1 Å². The second-order valence-corrected chi connectivity index (χ2v) is 6.18. The molecule has 2 fully saturated rings. The Morgan fingerprint density at radius 1 is 1.11 bits per heavy atom. The second kappa shape index (κ2) is 5.40. The Morgan fingerprint density at radius 3 is 2.56 bits per heavy atom. The second-order valence-electron chi connectivity index (χ2n) is 6.18. The van der Waals surface area contributed by atoms with E-state index in [9.17, 15) is 0 Å². The van der Waals surface area contributed by atoms with E-state index in [2.05, 4.69) is 22.4 Å². The molecule has 2 heteroatoms. The molecule has 3 rings (SSSR count). The molecule has 18 heavy (non-hydrogen) atoms. The first kappa shape index (κ1) is 12.2. The maximum absolute atomic E-state index is 4.37. The highest BCUT2D eigenvalue weighted by molar-refractivity contribution is 5.03. The third-order valence-corrected chi connectivity index (χ3v) is 5.01. The van der Waals surface area contributed by atoms with E-state index >= 15 is 0 Å². The fourth-order valence-electron chi connectivity index (χ4n) is 3.81. The zero-order valence-corrected chi connectivity index (χ0v) is 11.2. The van der Waals surface area contributed by atoms with Crippen molar-refractivity contribution in [1.82, 2.24) is 10.3 Å². The Balaban J connectivity index is 1.46. The molecule has 98 valence electrons. The summed E-state index contributed by atoms with van der Waals surface area (Å²) in [6, 6.07) is 6.87.